The van der Waals surface area contributed by atoms with Crippen LogP contribution in [0.1, 0.15) is 37.8 Å². The number of nitrogens with zero attached hydrogens (tertiary/aromatic N) is 4. The minimum absolute atomic E-state index is 0.0744. The number of imidazole rings is 1. The molecule has 148 valence electrons. The number of H-pyrrole nitrogens is 1. The Bertz CT molecular complexity index is 927. The average Bonchev–Trinajstić information content (AvgIpc) is 3.23. The predicted octanol–water partition coefficient (Wildman–Crippen LogP) is 1.67. The van der Waals surface area contributed by atoms with E-state index in [2.05, 4.69) is 20.9 Å². The summed E-state index contributed by atoms with van der Waals surface area (Å²) in [6.07, 6.45) is 6.72. The number of hydrogen-bond acceptors (Lipinski definition) is 4. The van der Waals surface area contributed by atoms with E-state index in [1.54, 1.807) is 19.3 Å². The normalized spacial score (nSPS) is 25.5. The molecule has 1 N–H and O–H groups in total. The fraction of sp³-hybridized carbons (Fsp3) is 0.571. The molecule has 0 unspecified atom stereocenters. The highest BCUT2D eigenvalue weighted by molar-refractivity contribution is 5.73. The van der Waals surface area contributed by atoms with Crippen LogP contribution in [0.3, 0.4) is 0 Å². The molecule has 0 spiro atoms. The lowest BCUT2D eigenvalue weighted by molar-refractivity contribution is -0.130. The van der Waals surface area contributed by atoms with Gasteiger partial charge >= 0.3 is 0 Å². The second-order valence-electron chi connectivity index (χ2n) is 8.52. The number of aromatic amines is 1. The molecule has 2 aromatic rings. The van der Waals surface area contributed by atoms with Gasteiger partial charge in [-0.1, -0.05) is 0 Å². The third kappa shape index (κ3) is 2.98. The molecule has 0 radical (unpaired) electrons. The Balaban J connectivity index is 1.37. The zero-order valence-electron chi connectivity index (χ0n) is 16.3. The van der Waals surface area contributed by atoms with Crippen LogP contribution in [-0.2, 0) is 11.3 Å². The van der Waals surface area contributed by atoms with Crippen molar-refractivity contribution in [3.8, 4) is 11.4 Å². The van der Waals surface area contributed by atoms with Crippen LogP contribution in [0.5, 0.6) is 0 Å². The quantitative estimate of drug-likeness (QED) is 0.859. The molecule has 28 heavy (non-hydrogen) atoms. The van der Waals surface area contributed by atoms with E-state index in [0.29, 0.717) is 29.3 Å². The third-order valence-corrected chi connectivity index (χ3v) is 6.81. The minimum Gasteiger partial charge on any atom is -0.344 e. The second-order valence-corrected chi connectivity index (χ2v) is 8.52. The molecular formula is C21H27N5O2. The Hall–Kier alpha value is -2.41. The van der Waals surface area contributed by atoms with Gasteiger partial charge in [-0.15, -0.1) is 0 Å². The zero-order valence-corrected chi connectivity index (χ0v) is 16.3. The summed E-state index contributed by atoms with van der Waals surface area (Å²) in [5.41, 5.74) is 1.90. The van der Waals surface area contributed by atoms with Crippen molar-refractivity contribution < 1.29 is 4.79 Å². The van der Waals surface area contributed by atoms with Gasteiger partial charge in [0.05, 0.1) is 5.56 Å². The van der Waals surface area contributed by atoms with E-state index in [-0.39, 0.29) is 11.5 Å². The van der Waals surface area contributed by atoms with E-state index in [1.807, 2.05) is 15.5 Å². The average molecular weight is 381 g/mol. The van der Waals surface area contributed by atoms with Crippen LogP contribution in [0.15, 0.2) is 29.3 Å². The first-order valence-corrected chi connectivity index (χ1v) is 10.3. The van der Waals surface area contributed by atoms with Crippen LogP contribution in [0.2, 0.25) is 0 Å². The topological polar surface area (TPSA) is 74.2 Å². The SMILES string of the molecule is CC(=O)N1CCC(N2C[C@@H]3C[C@H](C2)c2ccc(-c4ncc[nH]4)c(=O)n2C3)CC1. The number of pyridine rings is 1. The van der Waals surface area contributed by atoms with Gasteiger partial charge in [0, 0.05) is 69.7 Å². The van der Waals surface area contributed by atoms with Gasteiger partial charge in [0.2, 0.25) is 5.91 Å². The summed E-state index contributed by atoms with van der Waals surface area (Å²) in [5.74, 6) is 1.77. The van der Waals surface area contributed by atoms with Crippen molar-refractivity contribution in [2.24, 2.45) is 5.92 Å². The number of amides is 1. The predicted molar refractivity (Wildman–Crippen MR) is 106 cm³/mol. The van der Waals surface area contributed by atoms with Gasteiger partial charge in [0.1, 0.15) is 5.82 Å². The standard InChI is InChI=1S/C21H27N5O2/c1-14(27)24-8-4-17(5-9-24)25-11-15-10-16(13-25)19-3-2-18(20-22-6-7-23-20)21(28)26(19)12-15/h2-3,6-7,15-17H,4-5,8-13H2,1H3,(H,22,23)/t15-,16+/m0/s1. The summed E-state index contributed by atoms with van der Waals surface area (Å²) in [7, 11) is 0. The maximum atomic E-state index is 13.1. The van der Waals surface area contributed by atoms with E-state index >= 15 is 0 Å². The maximum Gasteiger partial charge on any atom is 0.261 e. The molecule has 0 aromatic carbocycles. The molecule has 7 heteroatoms. The van der Waals surface area contributed by atoms with Crippen LogP contribution in [0, 0.1) is 5.92 Å². The van der Waals surface area contributed by atoms with E-state index in [1.165, 1.54) is 12.1 Å². The number of piperidine rings is 2. The van der Waals surface area contributed by atoms with Gasteiger partial charge in [-0.05, 0) is 37.3 Å². The number of likely N-dealkylation sites (tertiary alicyclic amines) is 2. The number of carbonyl (C=O) groups is 1. The number of nitrogens with one attached hydrogen (secondary N) is 1. The molecule has 3 aliphatic heterocycles. The molecule has 2 aromatic heterocycles. The summed E-state index contributed by atoms with van der Waals surface area (Å²) >= 11 is 0. The van der Waals surface area contributed by atoms with Crippen LogP contribution in [0.4, 0.5) is 0 Å². The van der Waals surface area contributed by atoms with Crippen molar-refractivity contribution in [1.29, 1.82) is 0 Å². The minimum atomic E-state index is 0.0744. The summed E-state index contributed by atoms with van der Waals surface area (Å²) < 4.78 is 1.99. The van der Waals surface area contributed by atoms with E-state index in [9.17, 15) is 9.59 Å². The summed E-state index contributed by atoms with van der Waals surface area (Å²) in [4.78, 5) is 36.6. The highest BCUT2D eigenvalue weighted by atomic mass is 16.2. The molecule has 1 amide bonds. The number of fused-ring (bicyclic) bond motifs is 4. The first-order valence-electron chi connectivity index (χ1n) is 10.3. The first-order chi connectivity index (χ1) is 13.6. The van der Waals surface area contributed by atoms with Crippen molar-refractivity contribution in [3.05, 3.63) is 40.6 Å². The van der Waals surface area contributed by atoms with Gasteiger partial charge in [-0.3, -0.25) is 14.5 Å². The first kappa shape index (κ1) is 17.7. The number of aromatic nitrogens is 3. The molecule has 2 saturated heterocycles. The Kier molecular flexibility index (Phi) is 4.34. The van der Waals surface area contributed by atoms with Gasteiger partial charge in [0.25, 0.3) is 5.56 Å². The lowest BCUT2D eigenvalue weighted by Crippen LogP contribution is -2.53. The van der Waals surface area contributed by atoms with Crippen molar-refractivity contribution in [2.45, 2.75) is 44.7 Å². The van der Waals surface area contributed by atoms with Gasteiger partial charge < -0.3 is 14.5 Å². The van der Waals surface area contributed by atoms with E-state index in [4.69, 9.17) is 0 Å². The number of rotatable bonds is 2. The van der Waals surface area contributed by atoms with Crippen molar-refractivity contribution in [1.82, 2.24) is 24.3 Å². The second kappa shape index (κ2) is 6.88. The Labute approximate surface area is 164 Å². The van der Waals surface area contributed by atoms with Crippen LogP contribution in [0.25, 0.3) is 11.4 Å². The lowest BCUT2D eigenvalue weighted by Gasteiger charge is -2.47. The summed E-state index contributed by atoms with van der Waals surface area (Å²) in [6.45, 7) is 6.26. The number of hydrogen-bond donors (Lipinski definition) is 1. The van der Waals surface area contributed by atoms with Crippen molar-refractivity contribution in [2.75, 3.05) is 26.2 Å². The molecule has 5 rings (SSSR count). The highest BCUT2D eigenvalue weighted by Crippen LogP contribution is 2.37. The molecule has 5 heterocycles. The van der Waals surface area contributed by atoms with Gasteiger partial charge in [0.15, 0.2) is 0 Å². The van der Waals surface area contributed by atoms with Crippen LogP contribution < -0.4 is 5.56 Å². The fourth-order valence-electron chi connectivity index (χ4n) is 5.42. The summed E-state index contributed by atoms with van der Waals surface area (Å²) in [5, 5.41) is 0. The highest BCUT2D eigenvalue weighted by Gasteiger charge is 2.38. The molecule has 2 fully saturated rings. The monoisotopic (exact) mass is 381 g/mol. The lowest BCUT2D eigenvalue weighted by atomic mass is 9.81. The zero-order chi connectivity index (χ0) is 19.3. The molecular weight excluding hydrogens is 354 g/mol. The Morgan fingerprint density at radius 3 is 2.71 bits per heavy atom. The largest absolute Gasteiger partial charge is 0.344 e. The molecule has 0 saturated carbocycles. The van der Waals surface area contributed by atoms with E-state index in [0.717, 1.165) is 45.6 Å². The van der Waals surface area contributed by atoms with Crippen LogP contribution >= 0.6 is 0 Å². The Morgan fingerprint density at radius 1 is 1.18 bits per heavy atom. The van der Waals surface area contributed by atoms with Crippen LogP contribution in [-0.4, -0.2) is 62.5 Å². The molecule has 3 aliphatic rings. The smallest absolute Gasteiger partial charge is 0.261 e. The third-order valence-electron chi connectivity index (χ3n) is 6.81. The number of carbonyl (C=O) groups excluding carboxylic acids is 1. The molecule has 2 bridgehead atoms. The fourth-order valence-corrected chi connectivity index (χ4v) is 5.42. The Morgan fingerprint density at radius 2 is 2.00 bits per heavy atom. The van der Waals surface area contributed by atoms with Crippen molar-refractivity contribution >= 4 is 5.91 Å². The van der Waals surface area contributed by atoms with E-state index < -0.39 is 0 Å². The molecule has 7 nitrogen and oxygen atoms in total. The maximum absolute atomic E-state index is 13.1. The summed E-state index contributed by atoms with van der Waals surface area (Å²) in [6, 6.07) is 4.61. The van der Waals surface area contributed by atoms with Gasteiger partial charge in [-0.2, -0.15) is 0 Å². The molecule has 0 aliphatic carbocycles. The van der Waals surface area contributed by atoms with Gasteiger partial charge in [-0.25, -0.2) is 4.98 Å². The van der Waals surface area contributed by atoms with Crippen molar-refractivity contribution in [3.63, 3.8) is 0 Å². The molecule has 2 atom stereocenters.